The molecule has 0 aliphatic rings. The van der Waals surface area contributed by atoms with Crippen molar-refractivity contribution in [1.82, 2.24) is 5.16 Å². The van der Waals surface area contributed by atoms with Crippen molar-refractivity contribution in [3.05, 3.63) is 29.7 Å². The Balaban J connectivity index is 2.45. The number of furan rings is 1. The third-order valence-electron chi connectivity index (χ3n) is 1.78. The second-order valence-electron chi connectivity index (χ2n) is 2.75. The van der Waals surface area contributed by atoms with E-state index < -0.39 is 0 Å². The first-order chi connectivity index (χ1) is 6.31. The first kappa shape index (κ1) is 8.07. The molecule has 0 aromatic carbocycles. The number of aromatic nitrogens is 1. The Hall–Kier alpha value is -1.55. The van der Waals surface area contributed by atoms with Crippen LogP contribution in [0.15, 0.2) is 27.3 Å². The van der Waals surface area contributed by atoms with E-state index in [1.54, 1.807) is 6.07 Å². The van der Waals surface area contributed by atoms with Gasteiger partial charge in [0.15, 0.2) is 5.76 Å². The second kappa shape index (κ2) is 3.06. The maximum absolute atomic E-state index is 8.93. The summed E-state index contributed by atoms with van der Waals surface area (Å²) in [6, 6.07) is 3.62. The molecule has 0 amide bonds. The summed E-state index contributed by atoms with van der Waals surface area (Å²) in [7, 11) is 0. The molecule has 2 heterocycles. The van der Waals surface area contributed by atoms with E-state index >= 15 is 0 Å². The lowest BCUT2D eigenvalue weighted by Gasteiger charge is -1.92. The third kappa shape index (κ3) is 1.36. The Morgan fingerprint density at radius 3 is 2.92 bits per heavy atom. The maximum Gasteiger partial charge on any atom is 0.207 e. The summed E-state index contributed by atoms with van der Waals surface area (Å²) in [4.78, 5) is 0. The summed E-state index contributed by atoms with van der Waals surface area (Å²) in [5.41, 5.74) is 0.634. The van der Waals surface area contributed by atoms with Gasteiger partial charge in [0, 0.05) is 5.56 Å². The summed E-state index contributed by atoms with van der Waals surface area (Å²) in [6.45, 7) is 1.75. The fourth-order valence-corrected chi connectivity index (χ4v) is 1.13. The molecule has 0 spiro atoms. The van der Waals surface area contributed by atoms with E-state index in [0.29, 0.717) is 17.1 Å². The van der Waals surface area contributed by atoms with Crippen LogP contribution in [0.3, 0.4) is 0 Å². The quantitative estimate of drug-likeness (QED) is 0.762. The lowest BCUT2D eigenvalue weighted by atomic mass is 10.2. The topological polar surface area (TPSA) is 59.4 Å². The zero-order valence-electron chi connectivity index (χ0n) is 7.15. The highest BCUT2D eigenvalue weighted by atomic mass is 16.5. The molecule has 0 unspecified atom stereocenters. The summed E-state index contributed by atoms with van der Waals surface area (Å²) in [5, 5.41) is 12.5. The Bertz CT molecular complexity index is 402. The predicted octanol–water partition coefficient (Wildman–Crippen LogP) is 1.74. The first-order valence-electron chi connectivity index (χ1n) is 3.92. The maximum atomic E-state index is 8.93. The largest absolute Gasteiger partial charge is 0.458 e. The Kier molecular flexibility index (Phi) is 1.90. The predicted molar refractivity (Wildman–Crippen MR) is 44.9 cm³/mol. The number of rotatable bonds is 2. The zero-order valence-corrected chi connectivity index (χ0v) is 7.15. The normalized spacial score (nSPS) is 10.6. The highest BCUT2D eigenvalue weighted by Crippen LogP contribution is 2.25. The number of aliphatic hydroxyl groups is 1. The average Bonchev–Trinajstić information content (AvgIpc) is 2.71. The summed E-state index contributed by atoms with van der Waals surface area (Å²) in [5.74, 6) is 1.89. The van der Waals surface area contributed by atoms with Crippen molar-refractivity contribution >= 4 is 0 Å². The van der Waals surface area contributed by atoms with Crippen LogP contribution in [0.5, 0.6) is 0 Å². The van der Waals surface area contributed by atoms with Gasteiger partial charge in [0.25, 0.3) is 0 Å². The molecular weight excluding hydrogens is 170 g/mol. The van der Waals surface area contributed by atoms with Gasteiger partial charge in [-0.15, -0.1) is 0 Å². The van der Waals surface area contributed by atoms with E-state index in [4.69, 9.17) is 14.0 Å². The van der Waals surface area contributed by atoms with Crippen LogP contribution in [-0.4, -0.2) is 10.3 Å². The van der Waals surface area contributed by atoms with E-state index in [1.807, 2.05) is 13.0 Å². The summed E-state index contributed by atoms with van der Waals surface area (Å²) in [6.07, 6.45) is 1.48. The number of hydrogen-bond donors (Lipinski definition) is 1. The molecule has 0 bridgehead atoms. The smallest absolute Gasteiger partial charge is 0.207 e. The lowest BCUT2D eigenvalue weighted by Crippen LogP contribution is -1.81. The molecule has 0 aliphatic carbocycles. The minimum Gasteiger partial charge on any atom is -0.458 e. The lowest BCUT2D eigenvalue weighted by molar-refractivity contribution is 0.281. The van der Waals surface area contributed by atoms with Gasteiger partial charge in [-0.1, -0.05) is 5.16 Å². The number of aliphatic hydroxyl groups excluding tert-OH is 1. The zero-order chi connectivity index (χ0) is 9.26. The number of hydrogen-bond acceptors (Lipinski definition) is 4. The molecule has 68 valence electrons. The fourth-order valence-electron chi connectivity index (χ4n) is 1.13. The van der Waals surface area contributed by atoms with Crippen molar-refractivity contribution in [2.24, 2.45) is 0 Å². The molecule has 13 heavy (non-hydrogen) atoms. The number of nitrogens with zero attached hydrogens (tertiary/aromatic N) is 1. The van der Waals surface area contributed by atoms with Crippen molar-refractivity contribution in [1.29, 1.82) is 0 Å². The van der Waals surface area contributed by atoms with Crippen LogP contribution in [0.4, 0.5) is 0 Å². The third-order valence-corrected chi connectivity index (χ3v) is 1.78. The van der Waals surface area contributed by atoms with Gasteiger partial charge in [-0.05, 0) is 19.1 Å². The Morgan fingerprint density at radius 1 is 1.46 bits per heavy atom. The van der Waals surface area contributed by atoms with Gasteiger partial charge in [-0.25, -0.2) is 0 Å². The average molecular weight is 179 g/mol. The van der Waals surface area contributed by atoms with E-state index in [9.17, 15) is 0 Å². The number of aryl methyl sites for hydroxylation is 1. The molecule has 2 aromatic heterocycles. The van der Waals surface area contributed by atoms with E-state index in [-0.39, 0.29) is 6.61 Å². The molecule has 2 rings (SSSR count). The molecule has 4 heteroatoms. The van der Waals surface area contributed by atoms with Crippen LogP contribution in [0.2, 0.25) is 0 Å². The molecule has 0 fully saturated rings. The van der Waals surface area contributed by atoms with Gasteiger partial charge in [-0.3, -0.25) is 0 Å². The molecule has 0 saturated carbocycles. The summed E-state index contributed by atoms with van der Waals surface area (Å²) >= 11 is 0. The molecule has 0 atom stereocenters. The van der Waals surface area contributed by atoms with Gasteiger partial charge in [-0.2, -0.15) is 0 Å². The SMILES string of the molecule is Cc1ccc(-c2oncc2CO)o1. The molecule has 0 radical (unpaired) electrons. The van der Waals surface area contributed by atoms with Gasteiger partial charge in [0.05, 0.1) is 12.8 Å². The highest BCUT2D eigenvalue weighted by Gasteiger charge is 2.12. The highest BCUT2D eigenvalue weighted by molar-refractivity contribution is 5.54. The van der Waals surface area contributed by atoms with Crippen molar-refractivity contribution in [3.8, 4) is 11.5 Å². The van der Waals surface area contributed by atoms with E-state index in [2.05, 4.69) is 5.16 Å². The van der Waals surface area contributed by atoms with Gasteiger partial charge >= 0.3 is 0 Å². The van der Waals surface area contributed by atoms with Crippen LogP contribution in [0, 0.1) is 6.92 Å². The first-order valence-corrected chi connectivity index (χ1v) is 3.92. The van der Waals surface area contributed by atoms with E-state index in [1.165, 1.54) is 6.20 Å². The minimum atomic E-state index is -0.0986. The standard InChI is InChI=1S/C9H9NO3/c1-6-2-3-8(12-6)9-7(5-11)4-10-13-9/h2-4,11H,5H2,1H3. The van der Waals surface area contributed by atoms with Crippen molar-refractivity contribution in [2.75, 3.05) is 0 Å². The van der Waals surface area contributed by atoms with Crippen LogP contribution in [0.1, 0.15) is 11.3 Å². The minimum absolute atomic E-state index is 0.0986. The van der Waals surface area contributed by atoms with Crippen LogP contribution in [0.25, 0.3) is 11.5 Å². The van der Waals surface area contributed by atoms with Crippen molar-refractivity contribution < 1.29 is 14.0 Å². The van der Waals surface area contributed by atoms with Crippen LogP contribution < -0.4 is 0 Å². The molecule has 0 saturated heterocycles. The van der Waals surface area contributed by atoms with Crippen molar-refractivity contribution in [2.45, 2.75) is 13.5 Å². The Morgan fingerprint density at radius 2 is 2.31 bits per heavy atom. The van der Waals surface area contributed by atoms with Gasteiger partial charge in [0.2, 0.25) is 5.76 Å². The van der Waals surface area contributed by atoms with Gasteiger partial charge in [0.1, 0.15) is 5.76 Å². The second-order valence-corrected chi connectivity index (χ2v) is 2.75. The fraction of sp³-hybridized carbons (Fsp3) is 0.222. The molecule has 2 aromatic rings. The Labute approximate surface area is 74.8 Å². The molecule has 4 nitrogen and oxygen atoms in total. The molecule has 1 N–H and O–H groups in total. The van der Waals surface area contributed by atoms with Crippen molar-refractivity contribution in [3.63, 3.8) is 0 Å². The molecule has 0 aliphatic heterocycles. The summed E-state index contributed by atoms with van der Waals surface area (Å²) < 4.78 is 10.3. The van der Waals surface area contributed by atoms with Crippen LogP contribution >= 0.6 is 0 Å². The monoisotopic (exact) mass is 179 g/mol. The molecular formula is C9H9NO3. The van der Waals surface area contributed by atoms with Gasteiger partial charge < -0.3 is 14.0 Å². The van der Waals surface area contributed by atoms with Crippen LogP contribution in [-0.2, 0) is 6.61 Å². The van der Waals surface area contributed by atoms with E-state index in [0.717, 1.165) is 5.76 Å².